The first-order valence-electron chi connectivity index (χ1n) is 9.45. The minimum absolute atomic E-state index is 0.130. The third-order valence-electron chi connectivity index (χ3n) is 5.39. The Bertz CT molecular complexity index is 1230. The molecule has 0 spiro atoms. The summed E-state index contributed by atoms with van der Waals surface area (Å²) < 4.78 is 20.6. The lowest BCUT2D eigenvalue weighted by molar-refractivity contribution is 0.206. The molecular weight excluding hydrogens is 387 g/mol. The van der Waals surface area contributed by atoms with Crippen LogP contribution in [0.1, 0.15) is 16.8 Å². The molecule has 2 amide bonds. The number of anilines is 1. The summed E-state index contributed by atoms with van der Waals surface area (Å²) in [5, 5.41) is 11.7. The number of nitrogens with one attached hydrogen (secondary N) is 1. The van der Waals surface area contributed by atoms with Crippen molar-refractivity contribution >= 4 is 17.4 Å². The first-order chi connectivity index (χ1) is 14.5. The molecule has 1 aromatic carbocycles. The number of carbonyl (C=O) groups excluding carboxylic acids is 1. The Hall–Kier alpha value is -3.93. The number of hydrogen-bond donors (Lipinski definition) is 1. The van der Waals surface area contributed by atoms with Crippen LogP contribution in [0.25, 0.3) is 16.2 Å². The van der Waals surface area contributed by atoms with Crippen LogP contribution < -0.4 is 5.32 Å². The molecule has 0 saturated carbocycles. The highest BCUT2D eigenvalue weighted by Crippen LogP contribution is 2.35. The van der Waals surface area contributed by atoms with Gasteiger partial charge in [-0.2, -0.15) is 5.10 Å². The largest absolute Gasteiger partial charge is 0.364 e. The fourth-order valence-corrected chi connectivity index (χ4v) is 3.97. The number of rotatable bonds is 1. The van der Waals surface area contributed by atoms with E-state index in [1.165, 1.54) is 18.2 Å². The monoisotopic (exact) mass is 404 g/mol. The van der Waals surface area contributed by atoms with Gasteiger partial charge in [-0.05, 0) is 18.2 Å². The van der Waals surface area contributed by atoms with Crippen LogP contribution in [-0.4, -0.2) is 32.4 Å². The molecule has 0 fully saturated rings. The van der Waals surface area contributed by atoms with Gasteiger partial charge in [0.25, 0.3) is 0 Å². The van der Waals surface area contributed by atoms with Crippen LogP contribution in [0.3, 0.4) is 0 Å². The van der Waals surface area contributed by atoms with Gasteiger partial charge in [0.2, 0.25) is 5.69 Å². The van der Waals surface area contributed by atoms with E-state index in [2.05, 4.69) is 21.9 Å². The predicted molar refractivity (Wildman–Crippen MR) is 106 cm³/mol. The number of halogens is 1. The maximum absolute atomic E-state index is 13.5. The molecule has 5 rings (SSSR count). The van der Waals surface area contributed by atoms with Gasteiger partial charge in [0.1, 0.15) is 17.8 Å². The van der Waals surface area contributed by atoms with Crippen LogP contribution in [-0.2, 0) is 25.9 Å². The standard InChI is InChI=1S/C21H17FN6O2/c1-12-7-13-11-30-26-19(13)20-15-10-27(6-5-17(15)25-28(20)9-12)21(29)24-14-3-4-16(22)18(8-14)23-2/h3-4,8,11H,1,5-7,9-10H2,(H,24,29). The molecule has 2 aliphatic rings. The molecule has 1 N–H and O–H groups in total. The first-order valence-corrected chi connectivity index (χ1v) is 9.45. The molecule has 0 bridgehead atoms. The Kier molecular flexibility index (Phi) is 4.13. The number of nitrogens with zero attached hydrogens (tertiary/aromatic N) is 5. The molecule has 2 aliphatic heterocycles. The summed E-state index contributed by atoms with van der Waals surface area (Å²) in [7, 11) is 0. The van der Waals surface area contributed by atoms with E-state index >= 15 is 0 Å². The zero-order valence-electron chi connectivity index (χ0n) is 16.0. The van der Waals surface area contributed by atoms with Gasteiger partial charge in [-0.25, -0.2) is 14.0 Å². The molecule has 3 aromatic rings. The summed E-state index contributed by atoms with van der Waals surface area (Å²) >= 11 is 0. The molecule has 0 aliphatic carbocycles. The summed E-state index contributed by atoms with van der Waals surface area (Å²) in [6.07, 6.45) is 2.92. The van der Waals surface area contributed by atoms with Crippen LogP contribution in [0.5, 0.6) is 0 Å². The lowest BCUT2D eigenvalue weighted by Crippen LogP contribution is -2.38. The highest BCUT2D eigenvalue weighted by atomic mass is 19.1. The fourth-order valence-electron chi connectivity index (χ4n) is 3.97. The Morgan fingerprint density at radius 1 is 1.37 bits per heavy atom. The van der Waals surface area contributed by atoms with Gasteiger partial charge in [-0.3, -0.25) is 4.68 Å². The number of allylic oxidation sites excluding steroid dienone is 1. The van der Waals surface area contributed by atoms with Gasteiger partial charge in [0.05, 0.1) is 31.0 Å². The molecular formula is C21H17FN6O2. The molecule has 2 aromatic heterocycles. The Morgan fingerprint density at radius 2 is 2.23 bits per heavy atom. The van der Waals surface area contributed by atoms with Crippen molar-refractivity contribution in [3.05, 3.63) is 70.7 Å². The number of fused-ring (bicyclic) bond motifs is 5. The SMILES string of the molecule is [C-]#[N+]c1cc(NC(=O)N2CCc3nn4c(c3C2)-c2nocc2CC(=C)C4)ccc1F. The van der Waals surface area contributed by atoms with Gasteiger partial charge >= 0.3 is 6.03 Å². The van der Waals surface area contributed by atoms with Crippen LogP contribution in [0.4, 0.5) is 20.6 Å². The maximum atomic E-state index is 13.5. The summed E-state index contributed by atoms with van der Waals surface area (Å²) in [5.74, 6) is -0.613. The van der Waals surface area contributed by atoms with Crippen molar-refractivity contribution in [1.82, 2.24) is 19.8 Å². The Labute approximate surface area is 171 Å². The van der Waals surface area contributed by atoms with E-state index in [-0.39, 0.29) is 11.7 Å². The maximum Gasteiger partial charge on any atom is 0.322 e. The summed E-state index contributed by atoms with van der Waals surface area (Å²) in [5.41, 5.74) is 5.71. The van der Waals surface area contributed by atoms with Crippen molar-refractivity contribution in [2.45, 2.75) is 25.9 Å². The topological polar surface area (TPSA) is 80.5 Å². The van der Waals surface area contributed by atoms with E-state index in [0.29, 0.717) is 38.2 Å². The van der Waals surface area contributed by atoms with Crippen molar-refractivity contribution in [2.75, 3.05) is 11.9 Å². The van der Waals surface area contributed by atoms with Crippen LogP contribution in [0, 0.1) is 12.4 Å². The summed E-state index contributed by atoms with van der Waals surface area (Å²) in [6, 6.07) is 3.63. The van der Waals surface area contributed by atoms with Crippen molar-refractivity contribution in [3.63, 3.8) is 0 Å². The van der Waals surface area contributed by atoms with E-state index in [4.69, 9.17) is 16.2 Å². The zero-order valence-corrected chi connectivity index (χ0v) is 16.0. The highest BCUT2D eigenvalue weighted by molar-refractivity contribution is 5.90. The second-order valence-corrected chi connectivity index (χ2v) is 7.43. The van der Waals surface area contributed by atoms with E-state index < -0.39 is 5.82 Å². The van der Waals surface area contributed by atoms with Crippen molar-refractivity contribution < 1.29 is 13.7 Å². The van der Waals surface area contributed by atoms with E-state index in [9.17, 15) is 9.18 Å². The molecule has 150 valence electrons. The second-order valence-electron chi connectivity index (χ2n) is 7.43. The molecule has 9 heteroatoms. The lowest BCUT2D eigenvalue weighted by Gasteiger charge is -2.27. The molecule has 0 radical (unpaired) electrons. The number of aromatic nitrogens is 3. The number of benzene rings is 1. The van der Waals surface area contributed by atoms with Crippen molar-refractivity contribution in [2.24, 2.45) is 0 Å². The third-order valence-corrected chi connectivity index (χ3v) is 5.39. The van der Waals surface area contributed by atoms with E-state index in [1.54, 1.807) is 11.2 Å². The smallest absolute Gasteiger partial charge is 0.322 e. The van der Waals surface area contributed by atoms with Crippen LogP contribution in [0.2, 0.25) is 0 Å². The third kappa shape index (κ3) is 2.93. The van der Waals surface area contributed by atoms with Gasteiger partial charge < -0.3 is 14.7 Å². The van der Waals surface area contributed by atoms with Gasteiger partial charge in [-0.15, -0.1) is 0 Å². The quantitative estimate of drug-likeness (QED) is 0.492. The summed E-state index contributed by atoms with van der Waals surface area (Å²) in [6.45, 7) is 12.6. The molecule has 0 saturated heterocycles. The Morgan fingerprint density at radius 3 is 3.07 bits per heavy atom. The lowest BCUT2D eigenvalue weighted by atomic mass is 10.0. The number of urea groups is 1. The molecule has 4 heterocycles. The van der Waals surface area contributed by atoms with E-state index in [1.807, 2.05) is 4.68 Å². The minimum Gasteiger partial charge on any atom is -0.364 e. The predicted octanol–water partition coefficient (Wildman–Crippen LogP) is 3.93. The summed E-state index contributed by atoms with van der Waals surface area (Å²) in [4.78, 5) is 17.6. The fraction of sp³-hybridized carbons (Fsp3) is 0.238. The normalized spacial score (nSPS) is 14.9. The molecule has 8 nitrogen and oxygen atoms in total. The number of carbonyl (C=O) groups is 1. The Balaban J connectivity index is 1.43. The molecule has 30 heavy (non-hydrogen) atoms. The number of amides is 2. The van der Waals surface area contributed by atoms with Gasteiger partial charge in [0.15, 0.2) is 0 Å². The zero-order chi connectivity index (χ0) is 20.8. The number of hydrogen-bond acceptors (Lipinski definition) is 4. The van der Waals surface area contributed by atoms with Gasteiger partial charge in [0, 0.05) is 36.2 Å². The average Bonchev–Trinajstić information content (AvgIpc) is 3.29. The van der Waals surface area contributed by atoms with Crippen molar-refractivity contribution in [1.29, 1.82) is 0 Å². The highest BCUT2D eigenvalue weighted by Gasteiger charge is 2.31. The molecule has 0 atom stereocenters. The second kappa shape index (κ2) is 6.84. The van der Waals surface area contributed by atoms with E-state index in [0.717, 1.165) is 33.8 Å². The average molecular weight is 404 g/mol. The molecule has 0 unspecified atom stereocenters. The minimum atomic E-state index is -0.613. The van der Waals surface area contributed by atoms with Crippen LogP contribution >= 0.6 is 0 Å². The first kappa shape index (κ1) is 18.1. The van der Waals surface area contributed by atoms with Crippen LogP contribution in [0.15, 0.2) is 41.1 Å². The van der Waals surface area contributed by atoms with Gasteiger partial charge in [-0.1, -0.05) is 17.3 Å². The van der Waals surface area contributed by atoms with Crippen molar-refractivity contribution in [3.8, 4) is 11.4 Å².